The summed E-state index contributed by atoms with van der Waals surface area (Å²) in [5, 5.41) is 8.67. The first-order valence-corrected chi connectivity index (χ1v) is 7.42. The molecule has 0 saturated heterocycles. The Kier molecular flexibility index (Phi) is 5.48. The van der Waals surface area contributed by atoms with Crippen LogP contribution >= 0.6 is 39.1 Å². The lowest BCUT2D eigenvalue weighted by molar-refractivity contribution is 0.288. The number of aryl methyl sites for hydroxylation is 1. The highest BCUT2D eigenvalue weighted by atomic mass is 79.9. The molecule has 0 aliphatic heterocycles. The van der Waals surface area contributed by atoms with E-state index in [1.807, 2.05) is 12.3 Å². The summed E-state index contributed by atoms with van der Waals surface area (Å²) in [5.41, 5.74) is 0.891. The molecule has 0 fully saturated rings. The summed E-state index contributed by atoms with van der Waals surface area (Å²) in [5.74, 6) is 1.30. The molecule has 4 nitrogen and oxygen atoms in total. The summed E-state index contributed by atoms with van der Waals surface area (Å²) in [7, 11) is 0. The molecule has 1 aromatic heterocycles. The van der Waals surface area contributed by atoms with Gasteiger partial charge in [0.15, 0.2) is 0 Å². The summed E-state index contributed by atoms with van der Waals surface area (Å²) < 4.78 is 8.22. The minimum atomic E-state index is 0.504. The van der Waals surface area contributed by atoms with Crippen molar-refractivity contribution in [1.82, 2.24) is 15.0 Å². The molecule has 0 aliphatic rings. The van der Waals surface area contributed by atoms with Crippen molar-refractivity contribution in [2.24, 2.45) is 0 Å². The van der Waals surface area contributed by atoms with E-state index in [1.165, 1.54) is 0 Å². The fourth-order valence-corrected chi connectivity index (χ4v) is 2.49. The van der Waals surface area contributed by atoms with Crippen molar-refractivity contribution >= 4 is 39.1 Å². The highest BCUT2D eigenvalue weighted by Gasteiger charge is 2.03. The molecule has 0 atom stereocenters. The van der Waals surface area contributed by atoms with Crippen molar-refractivity contribution in [1.29, 1.82) is 0 Å². The van der Waals surface area contributed by atoms with Gasteiger partial charge in [0.25, 0.3) is 0 Å². The first-order valence-electron chi connectivity index (χ1n) is 5.72. The number of ether oxygens (including phenoxy) is 1. The highest BCUT2D eigenvalue weighted by Crippen LogP contribution is 2.27. The van der Waals surface area contributed by atoms with Crippen LogP contribution in [0.1, 0.15) is 5.69 Å². The molecule has 0 radical (unpaired) electrons. The Labute approximate surface area is 129 Å². The van der Waals surface area contributed by atoms with Crippen LogP contribution < -0.4 is 4.74 Å². The van der Waals surface area contributed by atoms with E-state index in [2.05, 4.69) is 26.2 Å². The maximum Gasteiger partial charge on any atom is 0.133 e. The fraction of sp³-hybridized carbons (Fsp3) is 0.333. The predicted octanol–water partition coefficient (Wildman–Crippen LogP) is 3.55. The lowest BCUT2D eigenvalue weighted by Gasteiger charge is -2.08. The van der Waals surface area contributed by atoms with Crippen molar-refractivity contribution in [2.75, 3.05) is 12.5 Å². The molecule has 1 aromatic carbocycles. The fourth-order valence-electron chi connectivity index (χ4n) is 1.50. The topological polar surface area (TPSA) is 39.9 Å². The van der Waals surface area contributed by atoms with Crippen LogP contribution in [0.5, 0.6) is 5.75 Å². The van der Waals surface area contributed by atoms with E-state index in [9.17, 15) is 0 Å². The smallest absolute Gasteiger partial charge is 0.133 e. The first kappa shape index (κ1) is 14.6. The standard InChI is InChI=1S/C12H12BrCl2N3O/c13-11-7-9(15)1-2-12(11)19-6-5-18-8-10(3-4-14)16-17-18/h1-2,7-8H,3-6H2. The van der Waals surface area contributed by atoms with Crippen LogP contribution in [0.15, 0.2) is 28.9 Å². The molecule has 0 amide bonds. The number of nitrogens with zero attached hydrogens (tertiary/aromatic N) is 3. The van der Waals surface area contributed by atoms with Gasteiger partial charge in [-0.15, -0.1) is 16.7 Å². The number of hydrogen-bond donors (Lipinski definition) is 0. The minimum Gasteiger partial charge on any atom is -0.490 e. The van der Waals surface area contributed by atoms with Gasteiger partial charge in [0.2, 0.25) is 0 Å². The molecule has 2 aromatic rings. The predicted molar refractivity (Wildman–Crippen MR) is 79.1 cm³/mol. The molecular weight excluding hydrogens is 353 g/mol. The van der Waals surface area contributed by atoms with Crippen molar-refractivity contribution in [3.05, 3.63) is 39.6 Å². The zero-order valence-corrected chi connectivity index (χ0v) is 13.1. The maximum absolute atomic E-state index is 5.86. The van der Waals surface area contributed by atoms with E-state index in [0.29, 0.717) is 24.1 Å². The van der Waals surface area contributed by atoms with Gasteiger partial charge in [-0.3, -0.25) is 0 Å². The van der Waals surface area contributed by atoms with Crippen LogP contribution in [-0.2, 0) is 13.0 Å². The van der Waals surface area contributed by atoms with Crippen LogP contribution in [-0.4, -0.2) is 27.5 Å². The molecule has 102 valence electrons. The molecule has 0 saturated carbocycles. The quantitative estimate of drug-likeness (QED) is 0.736. The molecule has 19 heavy (non-hydrogen) atoms. The van der Waals surface area contributed by atoms with Gasteiger partial charge in [0, 0.05) is 23.5 Å². The average Bonchev–Trinajstić information content (AvgIpc) is 2.80. The van der Waals surface area contributed by atoms with E-state index >= 15 is 0 Å². The van der Waals surface area contributed by atoms with Gasteiger partial charge in [-0.1, -0.05) is 16.8 Å². The van der Waals surface area contributed by atoms with Gasteiger partial charge in [-0.2, -0.15) is 0 Å². The zero-order valence-electron chi connectivity index (χ0n) is 10.0. The third-order valence-corrected chi connectivity index (χ3v) is 3.45. The van der Waals surface area contributed by atoms with E-state index < -0.39 is 0 Å². The third kappa shape index (κ3) is 4.37. The molecule has 0 unspecified atom stereocenters. The summed E-state index contributed by atoms with van der Waals surface area (Å²) in [6, 6.07) is 5.41. The molecule has 0 aliphatic carbocycles. The Morgan fingerprint density at radius 1 is 1.37 bits per heavy atom. The van der Waals surface area contributed by atoms with Crippen molar-refractivity contribution < 1.29 is 4.74 Å². The second-order valence-electron chi connectivity index (χ2n) is 3.84. The Balaban J connectivity index is 1.85. The summed E-state index contributed by atoms with van der Waals surface area (Å²) in [6.45, 7) is 1.13. The summed E-state index contributed by atoms with van der Waals surface area (Å²) in [6.07, 6.45) is 2.60. The van der Waals surface area contributed by atoms with Crippen LogP contribution in [0.4, 0.5) is 0 Å². The number of benzene rings is 1. The van der Waals surface area contributed by atoms with Crippen molar-refractivity contribution in [3.8, 4) is 5.75 Å². The van der Waals surface area contributed by atoms with Crippen molar-refractivity contribution in [2.45, 2.75) is 13.0 Å². The Morgan fingerprint density at radius 2 is 2.21 bits per heavy atom. The molecular formula is C12H12BrCl2N3O. The Bertz CT molecular complexity index is 548. The SMILES string of the molecule is ClCCc1cn(CCOc2ccc(Cl)cc2Br)nn1. The van der Waals surface area contributed by atoms with E-state index in [0.717, 1.165) is 22.3 Å². The molecule has 0 N–H and O–H groups in total. The van der Waals surface area contributed by atoms with Crippen LogP contribution in [0.2, 0.25) is 5.02 Å². The van der Waals surface area contributed by atoms with Gasteiger partial charge in [0.1, 0.15) is 12.4 Å². The molecule has 0 bridgehead atoms. The van der Waals surface area contributed by atoms with Gasteiger partial charge >= 0.3 is 0 Å². The number of aromatic nitrogens is 3. The highest BCUT2D eigenvalue weighted by molar-refractivity contribution is 9.10. The zero-order chi connectivity index (χ0) is 13.7. The largest absolute Gasteiger partial charge is 0.490 e. The van der Waals surface area contributed by atoms with Gasteiger partial charge in [-0.05, 0) is 34.1 Å². The lowest BCUT2D eigenvalue weighted by Crippen LogP contribution is -2.09. The monoisotopic (exact) mass is 363 g/mol. The van der Waals surface area contributed by atoms with E-state index in [4.69, 9.17) is 27.9 Å². The summed E-state index contributed by atoms with van der Waals surface area (Å²) in [4.78, 5) is 0. The van der Waals surface area contributed by atoms with Gasteiger partial charge in [0.05, 0.1) is 16.7 Å². The average molecular weight is 365 g/mol. The summed E-state index contributed by atoms with van der Waals surface area (Å²) >= 11 is 14.9. The molecule has 7 heteroatoms. The van der Waals surface area contributed by atoms with E-state index in [1.54, 1.807) is 16.8 Å². The third-order valence-electron chi connectivity index (χ3n) is 2.41. The number of rotatable bonds is 6. The number of hydrogen-bond acceptors (Lipinski definition) is 3. The van der Waals surface area contributed by atoms with Gasteiger partial charge in [-0.25, -0.2) is 4.68 Å². The van der Waals surface area contributed by atoms with Crippen LogP contribution in [0.3, 0.4) is 0 Å². The molecule has 0 spiro atoms. The lowest BCUT2D eigenvalue weighted by atomic mass is 10.3. The second-order valence-corrected chi connectivity index (χ2v) is 5.50. The maximum atomic E-state index is 5.86. The molecule has 1 heterocycles. The minimum absolute atomic E-state index is 0.504. The second kappa shape index (κ2) is 7.12. The van der Waals surface area contributed by atoms with E-state index in [-0.39, 0.29) is 0 Å². The Hall–Kier alpha value is -0.780. The Morgan fingerprint density at radius 3 is 2.95 bits per heavy atom. The first-order chi connectivity index (χ1) is 9.19. The number of halogens is 3. The van der Waals surface area contributed by atoms with Crippen LogP contribution in [0.25, 0.3) is 0 Å². The van der Waals surface area contributed by atoms with Crippen molar-refractivity contribution in [3.63, 3.8) is 0 Å². The number of alkyl halides is 1. The normalized spacial score (nSPS) is 10.7. The van der Waals surface area contributed by atoms with Gasteiger partial charge < -0.3 is 4.74 Å². The molecule has 2 rings (SSSR count). The van der Waals surface area contributed by atoms with Crippen LogP contribution in [0, 0.1) is 0 Å².